The highest BCUT2D eigenvalue weighted by atomic mass is 16.3. The summed E-state index contributed by atoms with van der Waals surface area (Å²) in [6.45, 7) is 2.81. The van der Waals surface area contributed by atoms with Gasteiger partial charge in [-0.25, -0.2) is 0 Å². The van der Waals surface area contributed by atoms with Crippen molar-refractivity contribution in [2.24, 2.45) is 0 Å². The summed E-state index contributed by atoms with van der Waals surface area (Å²) in [7, 11) is 0. The van der Waals surface area contributed by atoms with Crippen LogP contribution in [0.5, 0.6) is 0 Å². The average Bonchev–Trinajstić information content (AvgIpc) is 3.24. The van der Waals surface area contributed by atoms with Crippen LogP contribution >= 0.6 is 0 Å². The maximum Gasteiger partial charge on any atom is 0.254 e. The van der Waals surface area contributed by atoms with Crippen LogP contribution in [0.4, 0.5) is 0 Å². The quantitative estimate of drug-likeness (QED) is 0.861. The Hall–Kier alpha value is -2.54. The highest BCUT2D eigenvalue weighted by Crippen LogP contribution is 2.34. The predicted octanol–water partition coefficient (Wildman–Crippen LogP) is 3.89. The Labute approximate surface area is 136 Å². The molecule has 1 aromatic heterocycles. The van der Waals surface area contributed by atoms with Crippen LogP contribution in [0.1, 0.15) is 53.2 Å². The Bertz CT molecular complexity index is 725. The summed E-state index contributed by atoms with van der Waals surface area (Å²) in [6, 6.07) is 13.5. The highest BCUT2D eigenvalue weighted by Gasteiger charge is 2.32. The largest absolute Gasteiger partial charge is 0.464 e. The number of carbonyl (C=O) groups excluding carboxylic acids is 1. The SMILES string of the molecule is CCc1ccc([C@H]2CCCN2C(=O)c2ccc(CC#N)cc2)o1. The van der Waals surface area contributed by atoms with Crippen molar-refractivity contribution in [3.63, 3.8) is 0 Å². The number of nitriles is 1. The second kappa shape index (κ2) is 6.70. The minimum absolute atomic E-state index is 0.0292. The molecule has 0 aliphatic carbocycles. The van der Waals surface area contributed by atoms with Gasteiger partial charge in [-0.15, -0.1) is 0 Å². The van der Waals surface area contributed by atoms with E-state index in [-0.39, 0.29) is 11.9 Å². The van der Waals surface area contributed by atoms with Crippen LogP contribution in [0.3, 0.4) is 0 Å². The predicted molar refractivity (Wildman–Crippen MR) is 86.9 cm³/mol. The smallest absolute Gasteiger partial charge is 0.254 e. The Morgan fingerprint density at radius 1 is 1.30 bits per heavy atom. The topological polar surface area (TPSA) is 57.2 Å². The fraction of sp³-hybridized carbons (Fsp3) is 0.368. The number of hydrogen-bond acceptors (Lipinski definition) is 3. The van der Waals surface area contributed by atoms with E-state index in [4.69, 9.17) is 9.68 Å². The number of aryl methyl sites for hydroxylation is 1. The average molecular weight is 308 g/mol. The van der Waals surface area contributed by atoms with E-state index in [1.807, 2.05) is 41.3 Å². The van der Waals surface area contributed by atoms with Crippen molar-refractivity contribution in [2.75, 3.05) is 6.54 Å². The van der Waals surface area contributed by atoms with Crippen molar-refractivity contribution < 1.29 is 9.21 Å². The monoisotopic (exact) mass is 308 g/mol. The minimum atomic E-state index is 0.0292. The molecule has 23 heavy (non-hydrogen) atoms. The maximum absolute atomic E-state index is 12.8. The molecule has 2 heterocycles. The lowest BCUT2D eigenvalue weighted by atomic mass is 10.1. The summed E-state index contributed by atoms with van der Waals surface area (Å²) in [5, 5.41) is 8.72. The van der Waals surface area contributed by atoms with Crippen molar-refractivity contribution >= 4 is 5.91 Å². The van der Waals surface area contributed by atoms with Gasteiger partial charge in [0.25, 0.3) is 5.91 Å². The van der Waals surface area contributed by atoms with Gasteiger partial charge in [-0.2, -0.15) is 5.26 Å². The molecule has 4 nitrogen and oxygen atoms in total. The summed E-state index contributed by atoms with van der Waals surface area (Å²) >= 11 is 0. The summed E-state index contributed by atoms with van der Waals surface area (Å²) in [4.78, 5) is 14.7. The molecular formula is C19H20N2O2. The molecule has 0 spiro atoms. The molecule has 0 unspecified atom stereocenters. The number of rotatable bonds is 4. The first-order valence-electron chi connectivity index (χ1n) is 8.08. The lowest BCUT2D eigenvalue weighted by Gasteiger charge is -2.23. The Morgan fingerprint density at radius 2 is 2.09 bits per heavy atom. The zero-order valence-corrected chi connectivity index (χ0v) is 13.3. The Balaban J connectivity index is 1.79. The van der Waals surface area contributed by atoms with Gasteiger partial charge in [0.15, 0.2) is 0 Å². The molecule has 1 aliphatic heterocycles. The van der Waals surface area contributed by atoms with E-state index >= 15 is 0 Å². The third-order valence-corrected chi connectivity index (χ3v) is 4.36. The second-order valence-corrected chi connectivity index (χ2v) is 5.85. The van der Waals surface area contributed by atoms with Gasteiger partial charge in [0, 0.05) is 18.5 Å². The fourth-order valence-corrected chi connectivity index (χ4v) is 3.09. The molecule has 1 saturated heterocycles. The van der Waals surface area contributed by atoms with E-state index in [1.54, 1.807) is 0 Å². The molecule has 0 N–H and O–H groups in total. The first kappa shape index (κ1) is 15.4. The second-order valence-electron chi connectivity index (χ2n) is 5.85. The highest BCUT2D eigenvalue weighted by molar-refractivity contribution is 5.94. The molecule has 1 aromatic carbocycles. The molecule has 0 radical (unpaired) electrons. The van der Waals surface area contributed by atoms with Gasteiger partial charge in [0.1, 0.15) is 11.5 Å². The first-order valence-corrected chi connectivity index (χ1v) is 8.08. The fourth-order valence-electron chi connectivity index (χ4n) is 3.09. The first-order chi connectivity index (χ1) is 11.2. The zero-order chi connectivity index (χ0) is 16.2. The Kier molecular flexibility index (Phi) is 4.47. The number of furan rings is 1. The van der Waals surface area contributed by atoms with E-state index in [1.165, 1.54) is 0 Å². The summed E-state index contributed by atoms with van der Waals surface area (Å²) in [5.74, 6) is 1.87. The summed E-state index contributed by atoms with van der Waals surface area (Å²) < 4.78 is 5.85. The number of nitrogens with zero attached hydrogens (tertiary/aromatic N) is 2. The van der Waals surface area contributed by atoms with Crippen molar-refractivity contribution in [2.45, 2.75) is 38.6 Å². The maximum atomic E-state index is 12.8. The zero-order valence-electron chi connectivity index (χ0n) is 13.3. The van der Waals surface area contributed by atoms with Crippen LogP contribution in [-0.4, -0.2) is 17.4 Å². The molecule has 1 fully saturated rings. The van der Waals surface area contributed by atoms with E-state index in [0.717, 1.165) is 42.9 Å². The van der Waals surface area contributed by atoms with Crippen molar-refractivity contribution in [3.05, 3.63) is 59.0 Å². The molecule has 1 atom stereocenters. The molecule has 0 saturated carbocycles. The lowest BCUT2D eigenvalue weighted by molar-refractivity contribution is 0.0719. The van der Waals surface area contributed by atoms with Gasteiger partial charge < -0.3 is 9.32 Å². The van der Waals surface area contributed by atoms with Crippen LogP contribution in [0.25, 0.3) is 0 Å². The van der Waals surface area contributed by atoms with E-state index in [9.17, 15) is 4.79 Å². The molecular weight excluding hydrogens is 288 g/mol. The number of carbonyl (C=O) groups is 1. The van der Waals surface area contributed by atoms with E-state index < -0.39 is 0 Å². The molecule has 4 heteroatoms. The molecule has 118 valence electrons. The molecule has 0 bridgehead atoms. The summed E-state index contributed by atoms with van der Waals surface area (Å²) in [6.07, 6.45) is 3.16. The standard InChI is InChI=1S/C19H20N2O2/c1-2-16-9-10-18(23-16)17-4-3-13-21(17)19(22)15-7-5-14(6-8-15)11-12-20/h5-10,17H,2-4,11,13H2,1H3/t17-/m1/s1. The summed E-state index contributed by atoms with van der Waals surface area (Å²) in [5.41, 5.74) is 1.60. The van der Waals surface area contributed by atoms with Crippen molar-refractivity contribution in [3.8, 4) is 6.07 Å². The van der Waals surface area contributed by atoms with Crippen LogP contribution in [0.15, 0.2) is 40.8 Å². The number of likely N-dealkylation sites (tertiary alicyclic amines) is 1. The van der Waals surface area contributed by atoms with Gasteiger partial charge in [0.2, 0.25) is 0 Å². The van der Waals surface area contributed by atoms with Crippen molar-refractivity contribution in [1.29, 1.82) is 5.26 Å². The molecule has 1 aliphatic rings. The number of amides is 1. The van der Waals surface area contributed by atoms with Gasteiger partial charge in [-0.1, -0.05) is 19.1 Å². The van der Waals surface area contributed by atoms with E-state index in [2.05, 4.69) is 13.0 Å². The Morgan fingerprint density at radius 3 is 2.74 bits per heavy atom. The number of hydrogen-bond donors (Lipinski definition) is 0. The lowest BCUT2D eigenvalue weighted by Crippen LogP contribution is -2.30. The van der Waals surface area contributed by atoms with Gasteiger partial charge in [0.05, 0.1) is 18.5 Å². The van der Waals surface area contributed by atoms with Gasteiger partial charge in [-0.05, 0) is 42.7 Å². The van der Waals surface area contributed by atoms with Gasteiger partial charge >= 0.3 is 0 Å². The third-order valence-electron chi connectivity index (χ3n) is 4.36. The van der Waals surface area contributed by atoms with Crippen LogP contribution < -0.4 is 0 Å². The molecule has 1 amide bonds. The molecule has 3 rings (SSSR count). The molecule has 2 aromatic rings. The normalized spacial score (nSPS) is 17.2. The van der Waals surface area contributed by atoms with Gasteiger partial charge in [-0.3, -0.25) is 4.79 Å². The van der Waals surface area contributed by atoms with Crippen LogP contribution in [0.2, 0.25) is 0 Å². The van der Waals surface area contributed by atoms with Crippen LogP contribution in [-0.2, 0) is 12.8 Å². The third kappa shape index (κ3) is 3.14. The van der Waals surface area contributed by atoms with E-state index in [0.29, 0.717) is 12.0 Å². The van der Waals surface area contributed by atoms with Crippen molar-refractivity contribution in [1.82, 2.24) is 4.90 Å². The van der Waals surface area contributed by atoms with Crippen LogP contribution in [0, 0.1) is 11.3 Å². The minimum Gasteiger partial charge on any atom is -0.464 e. The number of benzene rings is 1.